The lowest BCUT2D eigenvalue weighted by atomic mass is 9.82. The van der Waals surface area contributed by atoms with E-state index in [4.69, 9.17) is 9.97 Å². The first-order chi connectivity index (χ1) is 27.8. The predicted molar refractivity (Wildman–Crippen MR) is 236 cm³/mol. The zero-order valence-corrected chi connectivity index (χ0v) is 32.6. The molecule has 2 aromatic heterocycles. The number of rotatable bonds is 5. The molecule has 9 aromatic rings. The highest BCUT2D eigenvalue weighted by Gasteiger charge is 2.36. The summed E-state index contributed by atoms with van der Waals surface area (Å²) < 4.78 is 2.22. The highest BCUT2D eigenvalue weighted by Crippen LogP contribution is 2.51. The first kappa shape index (κ1) is 33.5. The van der Waals surface area contributed by atoms with Crippen molar-refractivity contribution in [1.82, 2.24) is 14.5 Å². The largest absolute Gasteiger partial charge is 0.277 e. The number of hydrogen-bond donors (Lipinski definition) is 0. The van der Waals surface area contributed by atoms with Crippen molar-refractivity contribution < 1.29 is 0 Å². The average Bonchev–Trinajstić information content (AvgIpc) is 3.83. The van der Waals surface area contributed by atoms with Gasteiger partial charge in [0.1, 0.15) is 11.3 Å². The molecule has 0 amide bonds. The summed E-state index contributed by atoms with van der Waals surface area (Å²) in [5.74, 6) is 0.859. The van der Waals surface area contributed by atoms with Crippen molar-refractivity contribution in [1.29, 1.82) is 0 Å². The van der Waals surface area contributed by atoms with Crippen LogP contribution in [0.4, 0.5) is 0 Å². The fourth-order valence-electron chi connectivity index (χ4n) is 9.66. The lowest BCUT2D eigenvalue weighted by molar-refractivity contribution is 0.660. The second-order valence-electron chi connectivity index (χ2n) is 16.7. The molecule has 0 aliphatic heterocycles. The molecular weight excluding hydrogens is 691 g/mol. The SMILES string of the molecule is CC1(C)c2ccccc2-c2cc(-c3cc(-c4ccc5c(c4)-c4ccccc4C5(C)C)cc(-c4nc5cc(-c6ccccc6)cnc5n4-c4ccccc4)c3)ccc21. The number of pyridine rings is 1. The molecule has 0 spiro atoms. The molecule has 0 atom stereocenters. The molecular formula is C54H41N3. The van der Waals surface area contributed by atoms with Gasteiger partial charge in [-0.15, -0.1) is 0 Å². The lowest BCUT2D eigenvalue weighted by Crippen LogP contribution is -2.14. The third kappa shape index (κ3) is 5.12. The number of para-hydroxylation sites is 1. The van der Waals surface area contributed by atoms with Crippen molar-refractivity contribution in [2.24, 2.45) is 0 Å². The van der Waals surface area contributed by atoms with Crippen LogP contribution in [0.2, 0.25) is 0 Å². The maximum absolute atomic E-state index is 5.43. The first-order valence-corrected chi connectivity index (χ1v) is 19.9. The molecule has 2 aliphatic carbocycles. The maximum atomic E-state index is 5.43. The molecule has 7 aromatic carbocycles. The van der Waals surface area contributed by atoms with E-state index in [9.17, 15) is 0 Å². The van der Waals surface area contributed by atoms with Crippen molar-refractivity contribution in [3.05, 3.63) is 198 Å². The van der Waals surface area contributed by atoms with Gasteiger partial charge in [-0.1, -0.05) is 149 Å². The number of benzene rings is 7. The molecule has 11 rings (SSSR count). The normalized spacial score (nSPS) is 14.2. The van der Waals surface area contributed by atoms with Crippen LogP contribution in [0, 0.1) is 0 Å². The number of fused-ring (bicyclic) bond motifs is 7. The Kier molecular flexibility index (Phi) is 7.25. The van der Waals surface area contributed by atoms with Gasteiger partial charge < -0.3 is 0 Å². The molecule has 3 heteroatoms. The van der Waals surface area contributed by atoms with Crippen LogP contribution in [-0.4, -0.2) is 14.5 Å². The van der Waals surface area contributed by atoms with E-state index >= 15 is 0 Å². The van der Waals surface area contributed by atoms with E-state index in [0.717, 1.165) is 50.5 Å². The number of aromatic nitrogens is 3. The minimum atomic E-state index is -0.0574. The van der Waals surface area contributed by atoms with Crippen molar-refractivity contribution in [2.45, 2.75) is 38.5 Å². The zero-order valence-electron chi connectivity index (χ0n) is 32.6. The van der Waals surface area contributed by atoms with E-state index in [1.165, 1.54) is 55.6 Å². The third-order valence-corrected chi connectivity index (χ3v) is 12.6. The summed E-state index contributed by atoms with van der Waals surface area (Å²) in [5, 5.41) is 0. The molecule has 2 heterocycles. The van der Waals surface area contributed by atoms with Crippen LogP contribution in [0.5, 0.6) is 0 Å². The summed E-state index contributed by atoms with van der Waals surface area (Å²) in [7, 11) is 0. The van der Waals surface area contributed by atoms with Crippen LogP contribution >= 0.6 is 0 Å². The van der Waals surface area contributed by atoms with Crippen LogP contribution in [0.25, 0.3) is 83.9 Å². The topological polar surface area (TPSA) is 30.7 Å². The Bertz CT molecular complexity index is 2930. The van der Waals surface area contributed by atoms with Crippen LogP contribution < -0.4 is 0 Å². The van der Waals surface area contributed by atoms with Gasteiger partial charge in [-0.2, -0.15) is 0 Å². The maximum Gasteiger partial charge on any atom is 0.164 e. The molecule has 0 unspecified atom stereocenters. The van der Waals surface area contributed by atoms with Crippen LogP contribution in [0.3, 0.4) is 0 Å². The van der Waals surface area contributed by atoms with Gasteiger partial charge in [-0.25, -0.2) is 9.97 Å². The Balaban J connectivity index is 1.15. The highest BCUT2D eigenvalue weighted by molar-refractivity contribution is 5.91. The summed E-state index contributed by atoms with van der Waals surface area (Å²) in [6.07, 6.45) is 1.97. The minimum absolute atomic E-state index is 0.0574. The summed E-state index contributed by atoms with van der Waals surface area (Å²) in [5.41, 5.74) is 21.2. The molecule has 0 saturated heterocycles. The summed E-state index contributed by atoms with van der Waals surface area (Å²) >= 11 is 0. The number of hydrogen-bond acceptors (Lipinski definition) is 2. The molecule has 57 heavy (non-hydrogen) atoms. The van der Waals surface area contributed by atoms with Crippen LogP contribution in [0.1, 0.15) is 49.9 Å². The van der Waals surface area contributed by atoms with E-state index in [1.807, 2.05) is 12.3 Å². The Morgan fingerprint density at radius 3 is 1.46 bits per heavy atom. The third-order valence-electron chi connectivity index (χ3n) is 12.6. The van der Waals surface area contributed by atoms with Crippen molar-refractivity contribution in [3.8, 4) is 72.7 Å². The standard InChI is InChI=1S/C54H41N3/c1-53(2)46-21-13-11-19-42(46)44-30-35(23-25-48(44)53)37-27-38(36-24-26-49-45(31-36)43-20-12-14-22-47(43)54(49,3)4)29-39(28-37)51-56-50-32-40(34-15-7-5-8-16-34)33-55-52(50)57(51)41-17-9-6-10-18-41/h5-33H,1-4H3. The molecule has 0 saturated carbocycles. The second-order valence-corrected chi connectivity index (χ2v) is 16.7. The first-order valence-electron chi connectivity index (χ1n) is 19.9. The summed E-state index contributed by atoms with van der Waals surface area (Å²) in [6, 6.07) is 62.0. The van der Waals surface area contributed by atoms with Gasteiger partial charge in [0, 0.05) is 33.8 Å². The Morgan fingerprint density at radius 1 is 0.386 bits per heavy atom. The van der Waals surface area contributed by atoms with E-state index in [0.29, 0.717) is 0 Å². The summed E-state index contributed by atoms with van der Waals surface area (Å²) in [6.45, 7) is 9.37. The van der Waals surface area contributed by atoms with Crippen molar-refractivity contribution in [2.75, 3.05) is 0 Å². The smallest absolute Gasteiger partial charge is 0.164 e. The van der Waals surface area contributed by atoms with Gasteiger partial charge in [0.05, 0.1) is 0 Å². The molecule has 0 fully saturated rings. The highest BCUT2D eigenvalue weighted by atomic mass is 15.1. The predicted octanol–water partition coefficient (Wildman–Crippen LogP) is 13.7. The van der Waals surface area contributed by atoms with Gasteiger partial charge in [-0.3, -0.25) is 4.57 Å². The molecule has 2 aliphatic rings. The van der Waals surface area contributed by atoms with Crippen LogP contribution in [0.15, 0.2) is 176 Å². The molecule has 0 radical (unpaired) electrons. The van der Waals surface area contributed by atoms with E-state index in [1.54, 1.807) is 0 Å². The molecule has 3 nitrogen and oxygen atoms in total. The van der Waals surface area contributed by atoms with E-state index < -0.39 is 0 Å². The fraction of sp³-hybridized carbons (Fsp3) is 0.111. The van der Waals surface area contributed by atoms with E-state index in [-0.39, 0.29) is 10.8 Å². The lowest BCUT2D eigenvalue weighted by Gasteiger charge is -2.21. The van der Waals surface area contributed by atoms with Gasteiger partial charge in [0.2, 0.25) is 0 Å². The van der Waals surface area contributed by atoms with Gasteiger partial charge in [-0.05, 0) is 121 Å². The number of imidazole rings is 1. The Hall–Kier alpha value is -6.84. The van der Waals surface area contributed by atoms with Gasteiger partial charge in [0.25, 0.3) is 0 Å². The van der Waals surface area contributed by atoms with Crippen LogP contribution in [-0.2, 0) is 10.8 Å². The quantitative estimate of drug-likeness (QED) is 0.176. The molecule has 0 bridgehead atoms. The molecule has 0 N–H and O–H groups in total. The van der Waals surface area contributed by atoms with Gasteiger partial charge >= 0.3 is 0 Å². The molecule has 272 valence electrons. The monoisotopic (exact) mass is 731 g/mol. The van der Waals surface area contributed by atoms with Crippen molar-refractivity contribution >= 4 is 11.2 Å². The Morgan fingerprint density at radius 2 is 0.877 bits per heavy atom. The Labute approximate surface area is 334 Å². The van der Waals surface area contributed by atoms with E-state index in [2.05, 4.69) is 196 Å². The van der Waals surface area contributed by atoms with Crippen molar-refractivity contribution in [3.63, 3.8) is 0 Å². The average molecular weight is 732 g/mol. The number of nitrogens with zero attached hydrogens (tertiary/aromatic N) is 3. The second kappa shape index (κ2) is 12.3. The minimum Gasteiger partial charge on any atom is -0.277 e. The fourth-order valence-corrected chi connectivity index (χ4v) is 9.66. The van der Waals surface area contributed by atoms with Gasteiger partial charge in [0.15, 0.2) is 5.65 Å². The zero-order chi connectivity index (χ0) is 38.5. The summed E-state index contributed by atoms with van der Waals surface area (Å²) in [4.78, 5) is 10.5.